The third kappa shape index (κ3) is 3.58. The molecule has 138 valence electrons. The van der Waals surface area contributed by atoms with Crippen molar-refractivity contribution < 1.29 is 9.59 Å². The number of hydrogen-bond donors (Lipinski definition) is 1. The molecule has 0 aliphatic carbocycles. The minimum atomic E-state index is -0.00589. The number of nitrogens with zero attached hydrogens (tertiary/aromatic N) is 2. The van der Waals surface area contributed by atoms with E-state index in [9.17, 15) is 9.59 Å². The number of nitrogens with one attached hydrogen (secondary N) is 1. The van der Waals surface area contributed by atoms with Gasteiger partial charge in [-0.15, -0.1) is 0 Å². The van der Waals surface area contributed by atoms with Crippen LogP contribution in [0.15, 0.2) is 24.3 Å². The summed E-state index contributed by atoms with van der Waals surface area (Å²) in [5.41, 5.74) is 5.39. The molecule has 1 amide bonds. The SMILES string of the molecule is CC(=O)c1c(C)[nH]c(C(=O)N2CCN(Cc3ccccc3C)CC2)c1C. The number of Topliss-reactive ketones (excluding diaryl/α,β-unsaturated/α-hetero) is 1. The second-order valence-corrected chi connectivity index (χ2v) is 7.18. The number of piperazine rings is 1. The monoisotopic (exact) mass is 353 g/mol. The number of aromatic amines is 1. The molecule has 3 rings (SSSR count). The Bertz CT molecular complexity index is 830. The van der Waals surface area contributed by atoms with Gasteiger partial charge in [0.25, 0.3) is 5.91 Å². The first-order valence-electron chi connectivity index (χ1n) is 9.14. The van der Waals surface area contributed by atoms with E-state index in [4.69, 9.17) is 0 Å². The summed E-state index contributed by atoms with van der Waals surface area (Å²) < 4.78 is 0. The van der Waals surface area contributed by atoms with Crippen molar-refractivity contribution in [2.24, 2.45) is 0 Å². The van der Waals surface area contributed by atoms with Gasteiger partial charge in [0, 0.05) is 44.0 Å². The van der Waals surface area contributed by atoms with Crippen LogP contribution in [0.3, 0.4) is 0 Å². The lowest BCUT2D eigenvalue weighted by molar-refractivity contribution is 0.0622. The Morgan fingerprint density at radius 2 is 1.69 bits per heavy atom. The zero-order chi connectivity index (χ0) is 18.8. The third-order valence-electron chi connectivity index (χ3n) is 5.32. The zero-order valence-electron chi connectivity index (χ0n) is 16.1. The highest BCUT2D eigenvalue weighted by atomic mass is 16.2. The molecule has 1 saturated heterocycles. The molecule has 1 fully saturated rings. The molecule has 2 aromatic rings. The highest BCUT2D eigenvalue weighted by Crippen LogP contribution is 2.21. The van der Waals surface area contributed by atoms with E-state index in [0.717, 1.165) is 30.9 Å². The van der Waals surface area contributed by atoms with Crippen molar-refractivity contribution in [2.45, 2.75) is 34.2 Å². The fourth-order valence-electron chi connectivity index (χ4n) is 3.79. The van der Waals surface area contributed by atoms with Crippen LogP contribution < -0.4 is 0 Å². The van der Waals surface area contributed by atoms with Crippen molar-refractivity contribution in [3.63, 3.8) is 0 Å². The van der Waals surface area contributed by atoms with E-state index >= 15 is 0 Å². The summed E-state index contributed by atoms with van der Waals surface area (Å²) in [7, 11) is 0. The molecular weight excluding hydrogens is 326 g/mol. The smallest absolute Gasteiger partial charge is 0.270 e. The molecule has 2 heterocycles. The topological polar surface area (TPSA) is 56.4 Å². The Balaban J connectivity index is 1.65. The molecule has 1 aliphatic rings. The maximum atomic E-state index is 12.9. The van der Waals surface area contributed by atoms with Gasteiger partial charge < -0.3 is 9.88 Å². The lowest BCUT2D eigenvalue weighted by atomic mass is 10.1. The number of benzene rings is 1. The van der Waals surface area contributed by atoms with Crippen molar-refractivity contribution in [1.29, 1.82) is 0 Å². The van der Waals surface area contributed by atoms with E-state index in [1.54, 1.807) is 6.92 Å². The molecule has 26 heavy (non-hydrogen) atoms. The molecule has 0 radical (unpaired) electrons. The van der Waals surface area contributed by atoms with Crippen molar-refractivity contribution in [3.8, 4) is 0 Å². The standard InChI is InChI=1S/C21H27N3O2/c1-14-7-5-6-8-18(14)13-23-9-11-24(12-10-23)21(26)20-15(2)19(17(4)25)16(3)22-20/h5-8,22H,9-13H2,1-4H3. The molecule has 0 unspecified atom stereocenters. The van der Waals surface area contributed by atoms with Gasteiger partial charge >= 0.3 is 0 Å². The number of aromatic nitrogens is 1. The minimum Gasteiger partial charge on any atom is -0.354 e. The first-order chi connectivity index (χ1) is 12.4. The second kappa shape index (κ2) is 7.46. The average Bonchev–Trinajstić information content (AvgIpc) is 2.91. The molecule has 1 aromatic carbocycles. The average molecular weight is 353 g/mol. The summed E-state index contributed by atoms with van der Waals surface area (Å²) in [6.07, 6.45) is 0. The van der Waals surface area contributed by atoms with Gasteiger partial charge in [0.05, 0.1) is 0 Å². The fourth-order valence-corrected chi connectivity index (χ4v) is 3.79. The van der Waals surface area contributed by atoms with Crippen LogP contribution in [0.25, 0.3) is 0 Å². The van der Waals surface area contributed by atoms with Crippen LogP contribution in [0, 0.1) is 20.8 Å². The second-order valence-electron chi connectivity index (χ2n) is 7.18. The Labute approximate surface area is 155 Å². The molecule has 5 heteroatoms. The molecule has 1 aromatic heterocycles. The summed E-state index contributed by atoms with van der Waals surface area (Å²) in [6.45, 7) is 11.4. The van der Waals surface area contributed by atoms with Crippen LogP contribution in [0.2, 0.25) is 0 Å². The van der Waals surface area contributed by atoms with Crippen molar-refractivity contribution in [3.05, 3.63) is 57.9 Å². The van der Waals surface area contributed by atoms with E-state index in [-0.39, 0.29) is 11.7 Å². The highest BCUT2D eigenvalue weighted by molar-refractivity contribution is 6.02. The molecule has 0 atom stereocenters. The predicted molar refractivity (Wildman–Crippen MR) is 103 cm³/mol. The molecule has 0 bridgehead atoms. The number of carbonyl (C=O) groups is 2. The molecule has 1 aliphatic heterocycles. The van der Waals surface area contributed by atoms with E-state index in [1.807, 2.05) is 18.7 Å². The van der Waals surface area contributed by atoms with Gasteiger partial charge in [-0.1, -0.05) is 24.3 Å². The zero-order valence-corrected chi connectivity index (χ0v) is 16.1. The van der Waals surface area contributed by atoms with Gasteiger partial charge in [-0.25, -0.2) is 0 Å². The number of rotatable bonds is 4. The third-order valence-corrected chi connectivity index (χ3v) is 5.32. The van der Waals surface area contributed by atoms with Gasteiger partial charge in [0.1, 0.15) is 5.69 Å². The number of amides is 1. The quantitative estimate of drug-likeness (QED) is 0.860. The van der Waals surface area contributed by atoms with Crippen LogP contribution in [-0.4, -0.2) is 52.7 Å². The number of hydrogen-bond acceptors (Lipinski definition) is 3. The Morgan fingerprint density at radius 1 is 1.04 bits per heavy atom. The van der Waals surface area contributed by atoms with Crippen LogP contribution in [0.4, 0.5) is 0 Å². The minimum absolute atomic E-state index is 0.00153. The first-order valence-corrected chi connectivity index (χ1v) is 9.14. The highest BCUT2D eigenvalue weighted by Gasteiger charge is 2.26. The molecule has 5 nitrogen and oxygen atoms in total. The fraction of sp³-hybridized carbons (Fsp3) is 0.429. The van der Waals surface area contributed by atoms with E-state index in [1.165, 1.54) is 11.1 Å². The molecule has 0 saturated carbocycles. The first kappa shape index (κ1) is 18.4. The van der Waals surface area contributed by atoms with Crippen LogP contribution >= 0.6 is 0 Å². The lowest BCUT2D eigenvalue weighted by Crippen LogP contribution is -2.48. The Kier molecular flexibility index (Phi) is 5.28. The molecular formula is C21H27N3O2. The normalized spacial score (nSPS) is 15.3. The summed E-state index contributed by atoms with van der Waals surface area (Å²) in [6, 6.07) is 8.44. The van der Waals surface area contributed by atoms with Crippen LogP contribution in [0.5, 0.6) is 0 Å². The van der Waals surface area contributed by atoms with Crippen LogP contribution in [0.1, 0.15) is 50.2 Å². The maximum Gasteiger partial charge on any atom is 0.270 e. The number of aryl methyl sites for hydroxylation is 2. The Hall–Kier alpha value is -2.40. The Morgan fingerprint density at radius 3 is 2.27 bits per heavy atom. The predicted octanol–water partition coefficient (Wildman–Crippen LogP) is 3.10. The summed E-state index contributed by atoms with van der Waals surface area (Å²) >= 11 is 0. The summed E-state index contributed by atoms with van der Waals surface area (Å²) in [4.78, 5) is 32.1. The van der Waals surface area contributed by atoms with Crippen molar-refractivity contribution >= 4 is 11.7 Å². The van der Waals surface area contributed by atoms with Crippen molar-refractivity contribution in [1.82, 2.24) is 14.8 Å². The van der Waals surface area contributed by atoms with Crippen LogP contribution in [-0.2, 0) is 6.54 Å². The van der Waals surface area contributed by atoms with Gasteiger partial charge in [0.15, 0.2) is 5.78 Å². The largest absolute Gasteiger partial charge is 0.354 e. The lowest BCUT2D eigenvalue weighted by Gasteiger charge is -2.35. The number of H-pyrrole nitrogens is 1. The molecule has 1 N–H and O–H groups in total. The van der Waals surface area contributed by atoms with Gasteiger partial charge in [0.2, 0.25) is 0 Å². The van der Waals surface area contributed by atoms with E-state index in [2.05, 4.69) is 41.1 Å². The van der Waals surface area contributed by atoms with Gasteiger partial charge in [-0.2, -0.15) is 0 Å². The number of ketones is 1. The maximum absolute atomic E-state index is 12.9. The molecule has 0 spiro atoms. The van der Waals surface area contributed by atoms with E-state index in [0.29, 0.717) is 24.3 Å². The summed E-state index contributed by atoms with van der Waals surface area (Å²) in [5, 5.41) is 0. The number of carbonyl (C=O) groups excluding carboxylic acids is 2. The van der Waals surface area contributed by atoms with E-state index < -0.39 is 0 Å². The van der Waals surface area contributed by atoms with Crippen molar-refractivity contribution in [2.75, 3.05) is 26.2 Å². The van der Waals surface area contributed by atoms with Gasteiger partial charge in [-0.05, 0) is 44.4 Å². The summed E-state index contributed by atoms with van der Waals surface area (Å²) in [5.74, 6) is -0.00741. The van der Waals surface area contributed by atoms with Gasteiger partial charge in [-0.3, -0.25) is 14.5 Å².